The van der Waals surface area contributed by atoms with Gasteiger partial charge < -0.3 is 11.1 Å². The Labute approximate surface area is 131 Å². The zero-order chi connectivity index (χ0) is 15.3. The van der Waals surface area contributed by atoms with Crippen molar-refractivity contribution in [2.75, 3.05) is 5.75 Å². The molecular weight excluding hydrogens is 282 g/mol. The molecule has 0 saturated heterocycles. The topological polar surface area (TPSA) is 68.0 Å². The Hall–Kier alpha value is -1.07. The number of nitrogens with one attached hydrogen (secondary N) is 1. The summed E-state index contributed by atoms with van der Waals surface area (Å²) in [5.74, 6) is 1.10. The number of amides is 1. The molecule has 21 heavy (non-hydrogen) atoms. The van der Waals surface area contributed by atoms with Crippen LogP contribution >= 0.6 is 11.8 Å². The molecule has 1 aromatic rings. The van der Waals surface area contributed by atoms with Crippen LogP contribution < -0.4 is 11.1 Å². The van der Waals surface area contributed by atoms with Gasteiger partial charge in [0.1, 0.15) is 5.54 Å². The van der Waals surface area contributed by atoms with Gasteiger partial charge in [0.05, 0.1) is 5.03 Å². The number of nitrogens with two attached hydrogens (primary N) is 1. The van der Waals surface area contributed by atoms with Crippen LogP contribution in [0.4, 0.5) is 0 Å². The van der Waals surface area contributed by atoms with E-state index in [1.165, 1.54) is 0 Å². The highest BCUT2D eigenvalue weighted by Crippen LogP contribution is 2.39. The third-order valence-corrected chi connectivity index (χ3v) is 5.14. The second kappa shape index (κ2) is 7.27. The van der Waals surface area contributed by atoms with Crippen molar-refractivity contribution in [3.05, 3.63) is 24.4 Å². The van der Waals surface area contributed by atoms with E-state index < -0.39 is 5.54 Å². The van der Waals surface area contributed by atoms with Crippen LogP contribution in [0.15, 0.2) is 29.4 Å². The third kappa shape index (κ3) is 3.98. The molecule has 2 atom stereocenters. The van der Waals surface area contributed by atoms with E-state index in [1.54, 1.807) is 11.8 Å². The molecule has 1 aliphatic carbocycles. The normalized spacial score (nSPS) is 25.4. The summed E-state index contributed by atoms with van der Waals surface area (Å²) < 4.78 is 0. The minimum atomic E-state index is -0.515. The Bertz CT molecular complexity index is 466. The maximum atomic E-state index is 12.0. The van der Waals surface area contributed by atoms with Crippen molar-refractivity contribution in [3.63, 3.8) is 0 Å². The number of primary amides is 1. The fourth-order valence-electron chi connectivity index (χ4n) is 3.31. The van der Waals surface area contributed by atoms with Gasteiger partial charge in [-0.1, -0.05) is 12.5 Å². The van der Waals surface area contributed by atoms with E-state index >= 15 is 0 Å². The zero-order valence-electron chi connectivity index (χ0n) is 12.8. The smallest absolute Gasteiger partial charge is 0.238 e. The van der Waals surface area contributed by atoms with Crippen LogP contribution in [0.3, 0.4) is 0 Å². The fourth-order valence-corrected chi connectivity index (χ4v) is 4.23. The predicted octanol–water partition coefficient (Wildman–Crippen LogP) is 2.59. The molecule has 116 valence electrons. The summed E-state index contributed by atoms with van der Waals surface area (Å²) in [5.41, 5.74) is 5.22. The molecule has 2 unspecified atom stereocenters. The summed E-state index contributed by atoms with van der Waals surface area (Å²) in [6, 6.07) is 6.21. The van der Waals surface area contributed by atoms with Crippen molar-refractivity contribution in [3.8, 4) is 0 Å². The number of carbonyl (C=O) groups excluding carboxylic acids is 1. The second-order valence-corrected chi connectivity index (χ2v) is 7.14. The fraction of sp³-hybridized carbons (Fsp3) is 0.625. The number of rotatable bonds is 7. The van der Waals surface area contributed by atoms with E-state index in [0.717, 1.165) is 36.5 Å². The van der Waals surface area contributed by atoms with Crippen molar-refractivity contribution < 1.29 is 4.79 Å². The molecular formula is C16H25N3OS. The first kappa shape index (κ1) is 16.3. The number of thioether (sulfide) groups is 1. The maximum Gasteiger partial charge on any atom is 0.238 e. The minimum absolute atomic E-state index is 0.193. The summed E-state index contributed by atoms with van der Waals surface area (Å²) in [5, 5.41) is 4.49. The lowest BCUT2D eigenvalue weighted by atomic mass is 9.83. The Morgan fingerprint density at radius 2 is 2.38 bits per heavy atom. The lowest BCUT2D eigenvalue weighted by Crippen LogP contribution is -2.60. The number of nitrogens with zero attached hydrogens (tertiary/aromatic N) is 1. The average molecular weight is 307 g/mol. The Morgan fingerprint density at radius 3 is 3.00 bits per heavy atom. The van der Waals surface area contributed by atoms with Gasteiger partial charge in [-0.2, -0.15) is 0 Å². The van der Waals surface area contributed by atoms with E-state index in [1.807, 2.05) is 24.4 Å². The highest BCUT2D eigenvalue weighted by molar-refractivity contribution is 7.99. The van der Waals surface area contributed by atoms with Crippen molar-refractivity contribution in [1.29, 1.82) is 0 Å². The Kier molecular flexibility index (Phi) is 5.65. The number of pyridine rings is 1. The molecule has 0 aromatic carbocycles. The van der Waals surface area contributed by atoms with Gasteiger partial charge in [0, 0.05) is 12.2 Å². The van der Waals surface area contributed by atoms with Crippen LogP contribution in [0.2, 0.25) is 0 Å². The standard InChI is InChI=1S/C16H25N3OS/c1-12(2)19-16(15(17)20)9-5-6-13(16)8-11-21-14-7-3-4-10-18-14/h3-4,7,10,12-13,19H,5-6,8-9,11H2,1-2H3,(H2,17,20). The monoisotopic (exact) mass is 307 g/mol. The van der Waals surface area contributed by atoms with Gasteiger partial charge in [0.25, 0.3) is 0 Å². The van der Waals surface area contributed by atoms with Crippen molar-refractivity contribution in [2.45, 2.75) is 56.1 Å². The quantitative estimate of drug-likeness (QED) is 0.760. The molecule has 1 saturated carbocycles. The van der Waals surface area contributed by atoms with Crippen LogP contribution in [0, 0.1) is 5.92 Å². The predicted molar refractivity (Wildman–Crippen MR) is 87.1 cm³/mol. The summed E-state index contributed by atoms with van der Waals surface area (Å²) in [6.45, 7) is 4.14. The van der Waals surface area contributed by atoms with Crippen molar-refractivity contribution >= 4 is 17.7 Å². The van der Waals surface area contributed by atoms with Gasteiger partial charge in [-0.15, -0.1) is 11.8 Å². The van der Waals surface area contributed by atoms with Gasteiger partial charge in [0.15, 0.2) is 0 Å². The van der Waals surface area contributed by atoms with Gasteiger partial charge in [-0.3, -0.25) is 4.79 Å². The van der Waals surface area contributed by atoms with E-state index in [2.05, 4.69) is 24.1 Å². The first-order valence-corrected chi connectivity index (χ1v) is 8.64. The van der Waals surface area contributed by atoms with Crippen LogP contribution in [0.1, 0.15) is 39.5 Å². The largest absolute Gasteiger partial charge is 0.368 e. The summed E-state index contributed by atoms with van der Waals surface area (Å²) >= 11 is 1.75. The first-order chi connectivity index (χ1) is 10.0. The van der Waals surface area contributed by atoms with Gasteiger partial charge in [-0.05, 0) is 56.9 Å². The first-order valence-electron chi connectivity index (χ1n) is 7.66. The lowest BCUT2D eigenvalue weighted by Gasteiger charge is -2.35. The molecule has 1 amide bonds. The van der Waals surface area contributed by atoms with Crippen molar-refractivity contribution in [2.24, 2.45) is 11.7 Å². The molecule has 0 aliphatic heterocycles. The van der Waals surface area contributed by atoms with Crippen LogP contribution in [-0.4, -0.2) is 28.2 Å². The van der Waals surface area contributed by atoms with Gasteiger partial charge in [-0.25, -0.2) is 4.98 Å². The molecule has 1 aromatic heterocycles. The number of aromatic nitrogens is 1. The van der Waals surface area contributed by atoms with E-state index in [0.29, 0.717) is 5.92 Å². The van der Waals surface area contributed by atoms with Gasteiger partial charge >= 0.3 is 0 Å². The Morgan fingerprint density at radius 1 is 1.57 bits per heavy atom. The van der Waals surface area contributed by atoms with Crippen LogP contribution in [0.5, 0.6) is 0 Å². The molecule has 2 rings (SSSR count). The zero-order valence-corrected chi connectivity index (χ0v) is 13.7. The molecule has 0 radical (unpaired) electrons. The molecule has 0 bridgehead atoms. The molecule has 4 nitrogen and oxygen atoms in total. The van der Waals surface area contributed by atoms with Crippen molar-refractivity contribution in [1.82, 2.24) is 10.3 Å². The van der Waals surface area contributed by atoms with Gasteiger partial charge in [0.2, 0.25) is 5.91 Å². The third-order valence-electron chi connectivity index (χ3n) is 4.16. The van der Waals surface area contributed by atoms with Crippen LogP contribution in [-0.2, 0) is 4.79 Å². The molecule has 1 aliphatic rings. The molecule has 5 heteroatoms. The molecule has 0 spiro atoms. The highest BCUT2D eigenvalue weighted by atomic mass is 32.2. The average Bonchev–Trinajstić information content (AvgIpc) is 2.83. The summed E-state index contributed by atoms with van der Waals surface area (Å²) in [7, 11) is 0. The minimum Gasteiger partial charge on any atom is -0.368 e. The van der Waals surface area contributed by atoms with E-state index in [-0.39, 0.29) is 11.9 Å². The SMILES string of the molecule is CC(C)NC1(C(N)=O)CCCC1CCSc1ccccn1. The molecule has 1 heterocycles. The van der Waals surface area contributed by atoms with E-state index in [9.17, 15) is 4.79 Å². The van der Waals surface area contributed by atoms with E-state index in [4.69, 9.17) is 5.73 Å². The number of carbonyl (C=O) groups is 1. The number of hydrogen-bond acceptors (Lipinski definition) is 4. The molecule has 1 fully saturated rings. The molecule has 3 N–H and O–H groups in total. The second-order valence-electron chi connectivity index (χ2n) is 6.03. The lowest BCUT2D eigenvalue weighted by molar-refractivity contribution is -0.126. The summed E-state index contributed by atoms with van der Waals surface area (Å²) in [6.07, 6.45) is 5.81. The highest BCUT2D eigenvalue weighted by Gasteiger charge is 2.47. The Balaban J connectivity index is 1.95. The van der Waals surface area contributed by atoms with Crippen LogP contribution in [0.25, 0.3) is 0 Å². The maximum absolute atomic E-state index is 12.0. The summed E-state index contributed by atoms with van der Waals surface area (Å²) in [4.78, 5) is 16.4. The number of hydrogen-bond donors (Lipinski definition) is 2.